The van der Waals surface area contributed by atoms with Crippen LogP contribution in [0.25, 0.3) is 0 Å². The van der Waals surface area contributed by atoms with E-state index in [4.69, 9.17) is 0 Å². The summed E-state index contributed by atoms with van der Waals surface area (Å²) in [5.74, 6) is 0. The fourth-order valence-corrected chi connectivity index (χ4v) is 1.63. The Bertz CT molecular complexity index is 384. The van der Waals surface area contributed by atoms with E-state index in [0.717, 1.165) is 6.54 Å². The molecule has 0 radical (unpaired) electrons. The molecule has 2 N–H and O–H groups in total. The normalized spacial score (nSPS) is 11.9. The second-order valence-electron chi connectivity index (χ2n) is 2.75. The summed E-state index contributed by atoms with van der Waals surface area (Å²) in [6, 6.07) is 0. The molecule has 1 aromatic heterocycles. The first-order chi connectivity index (χ1) is 6.60. The van der Waals surface area contributed by atoms with E-state index >= 15 is 0 Å². The van der Waals surface area contributed by atoms with Gasteiger partial charge in [-0.3, -0.25) is 4.68 Å². The molecule has 0 atom stereocenters. The lowest BCUT2D eigenvalue weighted by molar-refractivity contribution is 0.579. The number of aromatic nitrogens is 2. The second kappa shape index (κ2) is 4.54. The predicted molar refractivity (Wildman–Crippen MR) is 52.4 cm³/mol. The fourth-order valence-electron chi connectivity index (χ4n) is 0.950. The van der Waals surface area contributed by atoms with Crippen LogP contribution in [0.1, 0.15) is 0 Å². The molecule has 0 saturated heterocycles. The second-order valence-corrected chi connectivity index (χ2v) is 4.64. The highest BCUT2D eigenvalue weighted by molar-refractivity contribution is 7.89. The van der Waals surface area contributed by atoms with Gasteiger partial charge in [0.05, 0.1) is 12.7 Å². The zero-order chi connectivity index (χ0) is 10.6. The smallest absolute Gasteiger partial charge is 0.243 e. The van der Waals surface area contributed by atoms with Crippen LogP contribution in [0.3, 0.4) is 0 Å². The van der Waals surface area contributed by atoms with Gasteiger partial charge in [0, 0.05) is 12.7 Å². The maximum absolute atomic E-state index is 11.3. The van der Waals surface area contributed by atoms with Crippen LogP contribution in [0, 0.1) is 0 Å². The molecule has 7 heteroatoms. The van der Waals surface area contributed by atoms with Gasteiger partial charge >= 0.3 is 0 Å². The Labute approximate surface area is 83.4 Å². The van der Waals surface area contributed by atoms with Gasteiger partial charge in [-0.25, -0.2) is 13.1 Å². The molecule has 6 nitrogen and oxygen atoms in total. The van der Waals surface area contributed by atoms with Gasteiger partial charge in [0.15, 0.2) is 0 Å². The summed E-state index contributed by atoms with van der Waals surface area (Å²) in [6.07, 6.45) is 2.84. The van der Waals surface area contributed by atoms with Crippen molar-refractivity contribution in [3.63, 3.8) is 0 Å². The van der Waals surface area contributed by atoms with Crippen molar-refractivity contribution in [1.82, 2.24) is 19.8 Å². The van der Waals surface area contributed by atoms with Gasteiger partial charge in [0.1, 0.15) is 4.90 Å². The molecule has 80 valence electrons. The number of rotatable bonds is 5. The summed E-state index contributed by atoms with van der Waals surface area (Å²) in [5.41, 5.74) is 0. The third-order valence-corrected chi connectivity index (χ3v) is 3.15. The quantitative estimate of drug-likeness (QED) is 0.665. The van der Waals surface area contributed by atoms with E-state index in [1.54, 1.807) is 4.68 Å². The van der Waals surface area contributed by atoms with Crippen molar-refractivity contribution in [2.24, 2.45) is 0 Å². The number of sulfonamides is 1. The summed E-state index contributed by atoms with van der Waals surface area (Å²) < 4.78 is 26.4. The first-order valence-electron chi connectivity index (χ1n) is 4.21. The van der Waals surface area contributed by atoms with Crippen molar-refractivity contribution in [2.75, 3.05) is 20.6 Å². The molecular formula is C7H14N4O2S. The highest BCUT2D eigenvalue weighted by Gasteiger charge is 2.13. The summed E-state index contributed by atoms with van der Waals surface area (Å²) in [4.78, 5) is 0.191. The Morgan fingerprint density at radius 3 is 2.79 bits per heavy atom. The first-order valence-corrected chi connectivity index (χ1v) is 5.69. The number of likely N-dealkylation sites (N-methyl/N-ethyl adjacent to an activating group) is 1. The first kappa shape index (κ1) is 11.2. The van der Waals surface area contributed by atoms with Crippen molar-refractivity contribution < 1.29 is 8.42 Å². The van der Waals surface area contributed by atoms with Crippen LogP contribution in [0.2, 0.25) is 0 Å². The van der Waals surface area contributed by atoms with Crippen LogP contribution >= 0.6 is 0 Å². The van der Waals surface area contributed by atoms with E-state index in [1.165, 1.54) is 19.4 Å². The molecule has 0 aliphatic carbocycles. The standard InChI is InChI=1S/C7H14N4O2S/c1-8-3-4-11-6-7(5-10-11)14(12,13)9-2/h5-6,8-9H,3-4H2,1-2H3. The molecule has 1 rings (SSSR count). The van der Waals surface area contributed by atoms with Crippen molar-refractivity contribution in [3.05, 3.63) is 12.4 Å². The number of hydrogen-bond donors (Lipinski definition) is 2. The zero-order valence-electron chi connectivity index (χ0n) is 8.19. The third-order valence-electron chi connectivity index (χ3n) is 1.78. The molecule has 0 aliphatic heterocycles. The molecule has 0 amide bonds. The number of hydrogen-bond acceptors (Lipinski definition) is 4. The van der Waals surface area contributed by atoms with Crippen LogP contribution in [0.15, 0.2) is 17.3 Å². The Kier molecular flexibility index (Phi) is 3.62. The number of nitrogens with one attached hydrogen (secondary N) is 2. The van der Waals surface area contributed by atoms with E-state index in [-0.39, 0.29) is 4.90 Å². The van der Waals surface area contributed by atoms with Crippen LogP contribution in [0.5, 0.6) is 0 Å². The molecule has 0 spiro atoms. The fraction of sp³-hybridized carbons (Fsp3) is 0.571. The van der Waals surface area contributed by atoms with Crippen molar-refractivity contribution >= 4 is 10.0 Å². The molecule has 0 aliphatic rings. The lowest BCUT2D eigenvalue weighted by Crippen LogP contribution is -2.18. The Morgan fingerprint density at radius 1 is 1.50 bits per heavy atom. The summed E-state index contributed by atoms with van der Waals surface area (Å²) in [7, 11) is -0.153. The van der Waals surface area contributed by atoms with E-state index in [1.807, 2.05) is 7.05 Å². The largest absolute Gasteiger partial charge is 0.318 e. The molecule has 0 bridgehead atoms. The summed E-state index contributed by atoms with van der Waals surface area (Å²) >= 11 is 0. The van der Waals surface area contributed by atoms with Gasteiger partial charge < -0.3 is 5.32 Å². The van der Waals surface area contributed by atoms with Crippen LogP contribution in [0.4, 0.5) is 0 Å². The van der Waals surface area contributed by atoms with E-state index in [0.29, 0.717) is 6.54 Å². The highest BCUT2D eigenvalue weighted by Crippen LogP contribution is 2.05. The molecule has 0 aromatic carbocycles. The van der Waals surface area contributed by atoms with Crippen molar-refractivity contribution in [3.8, 4) is 0 Å². The third kappa shape index (κ3) is 2.53. The van der Waals surface area contributed by atoms with Gasteiger partial charge in [-0.05, 0) is 14.1 Å². The average molecular weight is 218 g/mol. The van der Waals surface area contributed by atoms with Crippen LogP contribution in [-0.2, 0) is 16.6 Å². The Balaban J connectivity index is 2.78. The van der Waals surface area contributed by atoms with Gasteiger partial charge in [-0.2, -0.15) is 5.10 Å². The highest BCUT2D eigenvalue weighted by atomic mass is 32.2. The van der Waals surface area contributed by atoms with Crippen molar-refractivity contribution in [1.29, 1.82) is 0 Å². The van der Waals surface area contributed by atoms with E-state index in [2.05, 4.69) is 15.1 Å². The SMILES string of the molecule is CNCCn1cc(S(=O)(=O)NC)cn1. The maximum atomic E-state index is 11.3. The minimum Gasteiger partial charge on any atom is -0.318 e. The zero-order valence-corrected chi connectivity index (χ0v) is 9.00. The Morgan fingerprint density at radius 2 is 2.21 bits per heavy atom. The van der Waals surface area contributed by atoms with Gasteiger partial charge in [-0.1, -0.05) is 0 Å². The van der Waals surface area contributed by atoms with E-state index in [9.17, 15) is 8.42 Å². The molecule has 1 heterocycles. The predicted octanol–water partition coefficient (Wildman–Crippen LogP) is -0.989. The maximum Gasteiger partial charge on any atom is 0.243 e. The lowest BCUT2D eigenvalue weighted by atomic mass is 10.6. The lowest BCUT2D eigenvalue weighted by Gasteiger charge is -1.99. The monoisotopic (exact) mass is 218 g/mol. The summed E-state index contributed by atoms with van der Waals surface area (Å²) in [6.45, 7) is 1.40. The van der Waals surface area contributed by atoms with Gasteiger partial charge in [0.25, 0.3) is 0 Å². The number of nitrogens with zero attached hydrogens (tertiary/aromatic N) is 2. The molecule has 0 fully saturated rings. The minimum atomic E-state index is -3.36. The van der Waals surface area contributed by atoms with Gasteiger partial charge in [-0.15, -0.1) is 0 Å². The van der Waals surface area contributed by atoms with Crippen LogP contribution in [-0.4, -0.2) is 38.8 Å². The average Bonchev–Trinajstić information content (AvgIpc) is 2.63. The van der Waals surface area contributed by atoms with E-state index < -0.39 is 10.0 Å². The molecule has 0 saturated carbocycles. The van der Waals surface area contributed by atoms with Gasteiger partial charge in [0.2, 0.25) is 10.0 Å². The van der Waals surface area contributed by atoms with Crippen LogP contribution < -0.4 is 10.0 Å². The molecular weight excluding hydrogens is 204 g/mol. The molecule has 1 aromatic rings. The minimum absolute atomic E-state index is 0.191. The summed E-state index contributed by atoms with van der Waals surface area (Å²) in [5, 5.41) is 6.88. The molecule has 0 unspecified atom stereocenters. The van der Waals surface area contributed by atoms with Crippen molar-refractivity contribution in [2.45, 2.75) is 11.4 Å². The molecule has 14 heavy (non-hydrogen) atoms. The Hall–Kier alpha value is -0.920. The topological polar surface area (TPSA) is 76.0 Å².